The van der Waals surface area contributed by atoms with Gasteiger partial charge in [-0.05, 0) is 49.0 Å². The summed E-state index contributed by atoms with van der Waals surface area (Å²) in [5.41, 5.74) is 3.43. The van der Waals surface area contributed by atoms with Crippen LogP contribution in [0.25, 0.3) is 22.1 Å². The number of furan rings is 1. The van der Waals surface area contributed by atoms with Crippen LogP contribution in [-0.4, -0.2) is 49.7 Å². The van der Waals surface area contributed by atoms with Crippen molar-refractivity contribution in [1.82, 2.24) is 15.5 Å². The fourth-order valence-corrected chi connectivity index (χ4v) is 4.99. The van der Waals surface area contributed by atoms with Gasteiger partial charge in [0.25, 0.3) is 0 Å². The van der Waals surface area contributed by atoms with Gasteiger partial charge in [0.1, 0.15) is 5.58 Å². The summed E-state index contributed by atoms with van der Waals surface area (Å²) in [5.74, 6) is 0.879. The molecule has 7 heteroatoms. The summed E-state index contributed by atoms with van der Waals surface area (Å²) in [7, 11) is 1.59. The number of nitrogens with zero attached hydrogens (tertiary/aromatic N) is 2. The smallest absolute Gasteiger partial charge is 0.314 e. The first kappa shape index (κ1) is 21.4. The average Bonchev–Trinajstić information content (AvgIpc) is 3.31. The first-order valence-corrected chi connectivity index (χ1v) is 11.5. The summed E-state index contributed by atoms with van der Waals surface area (Å²) < 4.78 is 6.05. The zero-order valence-corrected chi connectivity index (χ0v) is 18.7. The van der Waals surface area contributed by atoms with Crippen LogP contribution in [0, 0.1) is 11.8 Å². The van der Waals surface area contributed by atoms with Gasteiger partial charge in [0.2, 0.25) is 0 Å². The topological polar surface area (TPSA) is 86.9 Å². The molecular formula is C26H28N4O3. The van der Waals surface area contributed by atoms with Gasteiger partial charge in [0.05, 0.1) is 0 Å². The van der Waals surface area contributed by atoms with Crippen LogP contribution in [0.4, 0.5) is 4.79 Å². The lowest BCUT2D eigenvalue weighted by atomic mass is 9.80. The normalized spacial score (nSPS) is 22.0. The Hall–Kier alpha value is -3.45. The number of nitrogens with one attached hydrogen (secondary N) is 2. The first-order valence-electron chi connectivity index (χ1n) is 11.5. The van der Waals surface area contributed by atoms with Gasteiger partial charge in [-0.1, -0.05) is 42.5 Å². The predicted octanol–water partition coefficient (Wildman–Crippen LogP) is 4.08. The van der Waals surface area contributed by atoms with Crippen LogP contribution in [-0.2, 0) is 6.54 Å². The molecule has 2 aromatic carbocycles. The van der Waals surface area contributed by atoms with Crippen LogP contribution in [0.3, 0.4) is 0 Å². The van der Waals surface area contributed by atoms with Crippen LogP contribution >= 0.6 is 0 Å². The average molecular weight is 445 g/mol. The second kappa shape index (κ2) is 9.19. The van der Waals surface area contributed by atoms with Gasteiger partial charge in [-0.15, -0.1) is 0 Å². The quantitative estimate of drug-likeness (QED) is 0.581. The minimum atomic E-state index is -0.344. The van der Waals surface area contributed by atoms with E-state index in [1.54, 1.807) is 13.1 Å². The van der Waals surface area contributed by atoms with Crippen LogP contribution < -0.4 is 10.6 Å². The molecule has 2 bridgehead atoms. The van der Waals surface area contributed by atoms with Crippen molar-refractivity contribution < 1.29 is 14.0 Å². The molecule has 3 aliphatic rings. The molecule has 1 atom stereocenters. The van der Waals surface area contributed by atoms with Crippen LogP contribution in [0.5, 0.6) is 0 Å². The molecule has 3 aliphatic heterocycles. The highest BCUT2D eigenvalue weighted by Crippen LogP contribution is 2.34. The minimum Gasteiger partial charge on any atom is -0.450 e. The van der Waals surface area contributed by atoms with Gasteiger partial charge >= 0.3 is 11.9 Å². The zero-order chi connectivity index (χ0) is 22.8. The van der Waals surface area contributed by atoms with Crippen molar-refractivity contribution in [3.63, 3.8) is 0 Å². The van der Waals surface area contributed by atoms with Crippen molar-refractivity contribution >= 4 is 29.1 Å². The number of rotatable bonds is 5. The second-order valence-corrected chi connectivity index (χ2v) is 8.81. The molecule has 2 N–H and O–H groups in total. The third kappa shape index (κ3) is 4.41. The Labute approximate surface area is 192 Å². The Kier molecular flexibility index (Phi) is 5.96. The van der Waals surface area contributed by atoms with E-state index in [1.807, 2.05) is 48.7 Å². The van der Waals surface area contributed by atoms with Crippen molar-refractivity contribution in [3.05, 3.63) is 59.9 Å². The first-order chi connectivity index (χ1) is 16.1. The number of piperidine rings is 3. The molecule has 0 saturated carbocycles. The van der Waals surface area contributed by atoms with Crippen molar-refractivity contribution in [1.29, 1.82) is 0 Å². The molecule has 0 aliphatic carbocycles. The highest BCUT2D eigenvalue weighted by Gasteiger charge is 2.33. The van der Waals surface area contributed by atoms with Gasteiger partial charge < -0.3 is 20.0 Å². The molecule has 1 aromatic heterocycles. The highest BCUT2D eigenvalue weighted by atomic mass is 16.3. The Bertz CT molecular complexity index is 1210. The number of carbonyl (C=O) groups is 2. The van der Waals surface area contributed by atoms with Crippen molar-refractivity contribution in [2.45, 2.75) is 19.4 Å². The van der Waals surface area contributed by atoms with Crippen LogP contribution in [0.2, 0.25) is 0 Å². The number of amides is 3. The molecule has 6 rings (SSSR count). The third-order valence-electron chi connectivity index (χ3n) is 6.82. The van der Waals surface area contributed by atoms with Gasteiger partial charge in [-0.3, -0.25) is 4.79 Å². The molecule has 3 aromatic rings. The van der Waals surface area contributed by atoms with E-state index in [1.165, 1.54) is 12.8 Å². The Morgan fingerprint density at radius 3 is 2.67 bits per heavy atom. The van der Waals surface area contributed by atoms with E-state index in [-0.39, 0.29) is 17.7 Å². The number of aliphatic imine (C=N–C) groups is 1. The monoisotopic (exact) mass is 444 g/mol. The van der Waals surface area contributed by atoms with Gasteiger partial charge in [0, 0.05) is 43.2 Å². The standard InChI is InChI=1S/C26H28N4O3/c1-27-26(32)29-14-19-5-2-3-7-21(19)22-8-4-6-18-13-23(33-24(18)22)25(31)28-15-20-16-30-11-9-17(20)10-12-30/h2-8,13,15,17,20H,9-12,14,16H2,1H3,(H2,27,29,32). The summed E-state index contributed by atoms with van der Waals surface area (Å²) in [5, 5.41) is 6.24. The molecule has 170 valence electrons. The van der Waals surface area contributed by atoms with Gasteiger partial charge in [0.15, 0.2) is 5.76 Å². The maximum Gasteiger partial charge on any atom is 0.314 e. The van der Waals surface area contributed by atoms with E-state index in [4.69, 9.17) is 4.42 Å². The second-order valence-electron chi connectivity index (χ2n) is 8.81. The van der Waals surface area contributed by atoms with E-state index in [0.717, 1.165) is 41.7 Å². The Morgan fingerprint density at radius 2 is 1.91 bits per heavy atom. The summed E-state index contributed by atoms with van der Waals surface area (Å²) in [6.45, 7) is 3.69. The number of urea groups is 1. The molecular weight excluding hydrogens is 416 g/mol. The zero-order valence-electron chi connectivity index (χ0n) is 18.7. The summed E-state index contributed by atoms with van der Waals surface area (Å²) in [4.78, 5) is 31.2. The molecule has 33 heavy (non-hydrogen) atoms. The summed E-state index contributed by atoms with van der Waals surface area (Å²) in [6.07, 6.45) is 4.21. The molecule has 0 spiro atoms. The Morgan fingerprint density at radius 1 is 1.12 bits per heavy atom. The molecule has 1 unspecified atom stereocenters. The molecule has 3 saturated heterocycles. The number of fused-ring (bicyclic) bond motifs is 4. The maximum absolute atomic E-state index is 12.8. The van der Waals surface area contributed by atoms with Crippen LogP contribution in [0.15, 0.2) is 57.9 Å². The number of carbonyl (C=O) groups excluding carboxylic acids is 2. The lowest BCUT2D eigenvalue weighted by molar-refractivity contribution is 0.0833. The van der Waals surface area contributed by atoms with Gasteiger partial charge in [-0.25, -0.2) is 9.79 Å². The minimum absolute atomic E-state index is 0.241. The highest BCUT2D eigenvalue weighted by molar-refractivity contribution is 6.02. The summed E-state index contributed by atoms with van der Waals surface area (Å²) >= 11 is 0. The van der Waals surface area contributed by atoms with Crippen LogP contribution in [0.1, 0.15) is 29.0 Å². The largest absolute Gasteiger partial charge is 0.450 e. The van der Waals surface area contributed by atoms with Gasteiger partial charge in [-0.2, -0.15) is 0 Å². The van der Waals surface area contributed by atoms with E-state index in [0.29, 0.717) is 24.0 Å². The third-order valence-corrected chi connectivity index (χ3v) is 6.82. The fourth-order valence-electron chi connectivity index (χ4n) is 4.99. The number of hydrogen-bond acceptors (Lipinski definition) is 4. The molecule has 3 amide bonds. The molecule has 4 heterocycles. The summed E-state index contributed by atoms with van der Waals surface area (Å²) in [6, 6.07) is 15.2. The maximum atomic E-state index is 12.8. The van der Waals surface area contributed by atoms with Crippen molar-refractivity contribution in [2.24, 2.45) is 16.8 Å². The van der Waals surface area contributed by atoms with E-state index >= 15 is 0 Å². The number of benzene rings is 2. The lowest BCUT2D eigenvalue weighted by Gasteiger charge is -2.43. The molecule has 0 radical (unpaired) electrons. The fraction of sp³-hybridized carbons (Fsp3) is 0.346. The predicted molar refractivity (Wildman–Crippen MR) is 128 cm³/mol. The Balaban J connectivity index is 1.41. The SMILES string of the molecule is CNC(=O)NCc1ccccc1-c1cccc2cc(C(=O)N=CC3CN4CCC3CC4)oc12. The van der Waals surface area contributed by atoms with E-state index in [9.17, 15) is 9.59 Å². The molecule has 7 nitrogen and oxygen atoms in total. The lowest BCUT2D eigenvalue weighted by Crippen LogP contribution is -2.47. The van der Waals surface area contributed by atoms with Crippen molar-refractivity contribution in [2.75, 3.05) is 26.7 Å². The molecule has 3 fully saturated rings. The van der Waals surface area contributed by atoms with E-state index in [2.05, 4.69) is 20.5 Å². The van der Waals surface area contributed by atoms with E-state index < -0.39 is 0 Å². The van der Waals surface area contributed by atoms with Crippen molar-refractivity contribution in [3.8, 4) is 11.1 Å². The number of para-hydroxylation sites is 1. The number of hydrogen-bond donors (Lipinski definition) is 2.